The quantitative estimate of drug-likeness (QED) is 0.365. The first-order valence-corrected chi connectivity index (χ1v) is 10.8. The summed E-state index contributed by atoms with van der Waals surface area (Å²) in [6.45, 7) is 2.99. The van der Waals surface area contributed by atoms with E-state index in [9.17, 15) is 8.94 Å². The van der Waals surface area contributed by atoms with E-state index < -0.39 is 11.2 Å². The lowest BCUT2D eigenvalue weighted by Crippen LogP contribution is -2.34. The van der Waals surface area contributed by atoms with Crippen LogP contribution in [0.25, 0.3) is 11.0 Å². The fourth-order valence-electron chi connectivity index (χ4n) is 3.57. The highest BCUT2D eigenvalue weighted by atomic mass is 32.2. The molecule has 3 heterocycles. The van der Waals surface area contributed by atoms with Crippen LogP contribution in [0.4, 0.5) is 10.1 Å². The molecule has 4 rings (SSSR count). The number of piperidine rings is 1. The van der Waals surface area contributed by atoms with E-state index in [0.717, 1.165) is 5.56 Å². The van der Waals surface area contributed by atoms with Gasteiger partial charge in [-0.15, -0.1) is 0 Å². The number of methoxy groups -OCH3 is 1. The van der Waals surface area contributed by atoms with Crippen molar-refractivity contribution in [3.05, 3.63) is 41.5 Å². The number of aromatic nitrogens is 3. The molecule has 0 amide bonds. The third-order valence-corrected chi connectivity index (χ3v) is 6.47. The van der Waals surface area contributed by atoms with Gasteiger partial charge in [-0.2, -0.15) is 4.98 Å². The fourth-order valence-corrected chi connectivity index (χ4v) is 4.67. The van der Waals surface area contributed by atoms with E-state index in [2.05, 4.69) is 20.1 Å². The Kier molecular flexibility index (Phi) is 5.78. The number of anilines is 1. The van der Waals surface area contributed by atoms with Crippen LogP contribution in [0, 0.1) is 12.7 Å². The van der Waals surface area contributed by atoms with Gasteiger partial charge in [0.15, 0.2) is 5.75 Å². The molecule has 2 aromatic heterocycles. The molecule has 1 aliphatic heterocycles. The van der Waals surface area contributed by atoms with Crippen molar-refractivity contribution in [2.45, 2.75) is 30.7 Å². The van der Waals surface area contributed by atoms with Crippen LogP contribution >= 0.6 is 0 Å². The molecular weight excluding hydrogens is 409 g/mol. The van der Waals surface area contributed by atoms with Crippen molar-refractivity contribution in [2.75, 3.05) is 25.1 Å². The summed E-state index contributed by atoms with van der Waals surface area (Å²) in [7, 11) is 1.58. The van der Waals surface area contributed by atoms with Gasteiger partial charge in [0, 0.05) is 54.9 Å². The van der Waals surface area contributed by atoms with Gasteiger partial charge in [-0.25, -0.2) is 4.39 Å². The summed E-state index contributed by atoms with van der Waals surface area (Å²) in [5.74, 6) is 0.482. The molecule has 158 valence electrons. The van der Waals surface area contributed by atoms with Crippen molar-refractivity contribution >= 4 is 33.6 Å². The summed E-state index contributed by atoms with van der Waals surface area (Å²) in [6.07, 6.45) is 2.78. The minimum Gasteiger partial charge on any atom is -0.609 e. The average molecular weight is 431 g/mol. The van der Waals surface area contributed by atoms with Crippen LogP contribution in [-0.4, -0.2) is 50.6 Å². The van der Waals surface area contributed by atoms with Crippen LogP contribution in [-0.2, 0) is 16.9 Å². The molecule has 8 nitrogen and oxygen atoms in total. The number of ether oxygens (including phenoxy) is 1. The molecule has 30 heavy (non-hydrogen) atoms. The molecule has 1 saturated heterocycles. The van der Waals surface area contributed by atoms with Crippen LogP contribution in [0.2, 0.25) is 0 Å². The topological polar surface area (TPSA) is 110 Å². The monoisotopic (exact) mass is 431 g/mol. The first-order chi connectivity index (χ1) is 14.5. The van der Waals surface area contributed by atoms with E-state index in [1.54, 1.807) is 25.4 Å². The lowest BCUT2D eigenvalue weighted by atomic mass is 10.1. The Morgan fingerprint density at radius 1 is 1.37 bits per heavy atom. The van der Waals surface area contributed by atoms with Crippen LogP contribution in [0.3, 0.4) is 0 Å². The van der Waals surface area contributed by atoms with Crippen molar-refractivity contribution in [3.63, 3.8) is 0 Å². The number of aromatic amines is 1. The first-order valence-electron chi connectivity index (χ1n) is 9.51. The van der Waals surface area contributed by atoms with Gasteiger partial charge in [-0.3, -0.25) is 9.97 Å². The number of rotatable bonds is 5. The van der Waals surface area contributed by atoms with Crippen LogP contribution < -0.4 is 9.64 Å². The standard InChI is InChI=1S/C20H22FN5O3S/c1-12-17(22-6-3-19(12)29-2)11-30(28)20-23-15-9-14(21)18(10-16(15)24-20)26-7-4-13(25-27)5-8-26/h3,6,9-10,27H,4-5,7-8,11H2,1-2H3,(H,23,24). The fraction of sp³-hybridized carbons (Fsp3) is 0.350. The van der Waals surface area contributed by atoms with Crippen molar-refractivity contribution in [1.29, 1.82) is 0 Å². The van der Waals surface area contributed by atoms with E-state index in [4.69, 9.17) is 9.94 Å². The predicted molar refractivity (Wildman–Crippen MR) is 112 cm³/mol. The zero-order valence-electron chi connectivity index (χ0n) is 16.7. The number of fused-ring (bicyclic) bond motifs is 1. The number of pyridine rings is 1. The molecule has 1 aliphatic rings. The van der Waals surface area contributed by atoms with Gasteiger partial charge in [-0.1, -0.05) is 5.16 Å². The summed E-state index contributed by atoms with van der Waals surface area (Å²) in [5, 5.41) is 12.4. The molecule has 0 aliphatic carbocycles. The Balaban J connectivity index is 1.58. The highest BCUT2D eigenvalue weighted by molar-refractivity contribution is 7.90. The van der Waals surface area contributed by atoms with E-state index in [-0.39, 0.29) is 16.7 Å². The van der Waals surface area contributed by atoms with Crippen molar-refractivity contribution in [2.24, 2.45) is 5.16 Å². The lowest BCUT2D eigenvalue weighted by Gasteiger charge is -2.29. The predicted octanol–water partition coefficient (Wildman–Crippen LogP) is 3.15. The maximum absolute atomic E-state index is 14.7. The van der Waals surface area contributed by atoms with E-state index >= 15 is 0 Å². The highest BCUT2D eigenvalue weighted by Gasteiger charge is 2.23. The second-order valence-electron chi connectivity index (χ2n) is 7.09. The Hall–Kier alpha value is -2.85. The largest absolute Gasteiger partial charge is 0.609 e. The molecule has 10 heteroatoms. The normalized spacial score (nSPS) is 15.5. The third kappa shape index (κ3) is 3.92. The number of hydrogen-bond acceptors (Lipinski definition) is 7. The Morgan fingerprint density at radius 2 is 2.13 bits per heavy atom. The smallest absolute Gasteiger partial charge is 0.322 e. The third-order valence-electron chi connectivity index (χ3n) is 5.31. The van der Waals surface area contributed by atoms with Gasteiger partial charge in [0.05, 0.1) is 35.2 Å². The van der Waals surface area contributed by atoms with E-state index in [1.165, 1.54) is 6.07 Å². The maximum atomic E-state index is 14.7. The molecule has 0 saturated carbocycles. The van der Waals surface area contributed by atoms with Crippen LogP contribution in [0.1, 0.15) is 24.1 Å². The first kappa shape index (κ1) is 20.4. The van der Waals surface area contributed by atoms with Crippen LogP contribution in [0.5, 0.6) is 5.75 Å². The number of benzene rings is 1. The number of hydrogen-bond donors (Lipinski definition) is 2. The van der Waals surface area contributed by atoms with E-state index in [0.29, 0.717) is 59.8 Å². The van der Waals surface area contributed by atoms with Crippen molar-refractivity contribution < 1.29 is 18.9 Å². The van der Waals surface area contributed by atoms with Gasteiger partial charge in [0.1, 0.15) is 11.6 Å². The van der Waals surface area contributed by atoms with Gasteiger partial charge < -0.3 is 19.4 Å². The van der Waals surface area contributed by atoms with Crippen molar-refractivity contribution in [3.8, 4) is 5.75 Å². The number of H-pyrrole nitrogens is 1. The average Bonchev–Trinajstić information content (AvgIpc) is 3.17. The second-order valence-corrected chi connectivity index (χ2v) is 8.46. The number of nitrogens with one attached hydrogen (secondary N) is 1. The molecule has 0 spiro atoms. The number of halogens is 1. The summed E-state index contributed by atoms with van der Waals surface area (Å²) >= 11 is -1.48. The highest BCUT2D eigenvalue weighted by Crippen LogP contribution is 2.29. The van der Waals surface area contributed by atoms with Gasteiger partial charge >= 0.3 is 5.16 Å². The Labute approximate surface area is 176 Å². The van der Waals surface area contributed by atoms with Gasteiger partial charge in [0.25, 0.3) is 0 Å². The molecule has 1 fully saturated rings. The summed E-state index contributed by atoms with van der Waals surface area (Å²) in [4.78, 5) is 13.6. The lowest BCUT2D eigenvalue weighted by molar-refractivity contribution is 0.315. The number of oxime groups is 1. The molecule has 0 bridgehead atoms. The van der Waals surface area contributed by atoms with E-state index in [1.807, 2.05) is 11.8 Å². The summed E-state index contributed by atoms with van der Waals surface area (Å²) in [5.41, 5.74) is 3.68. The van der Waals surface area contributed by atoms with Gasteiger partial charge in [-0.05, 0) is 19.1 Å². The number of nitrogens with zero attached hydrogens (tertiary/aromatic N) is 4. The zero-order valence-corrected chi connectivity index (χ0v) is 17.5. The van der Waals surface area contributed by atoms with Crippen molar-refractivity contribution in [1.82, 2.24) is 15.0 Å². The zero-order chi connectivity index (χ0) is 21.3. The SMILES string of the molecule is COc1ccnc(C[S+]([O-])c2nc3cc(N4CCC(=NO)CC4)c(F)cc3[nH]2)c1C. The molecule has 2 N–H and O–H groups in total. The Bertz CT molecular complexity index is 1090. The van der Waals surface area contributed by atoms with Gasteiger partial charge in [0.2, 0.25) is 0 Å². The molecular formula is C20H22FN5O3S. The molecule has 1 unspecified atom stereocenters. The summed E-state index contributed by atoms with van der Waals surface area (Å²) in [6, 6.07) is 4.80. The Morgan fingerprint density at radius 3 is 2.83 bits per heavy atom. The minimum atomic E-state index is -1.48. The van der Waals surface area contributed by atoms with Crippen LogP contribution in [0.15, 0.2) is 34.7 Å². The maximum Gasteiger partial charge on any atom is 0.322 e. The molecule has 1 atom stereocenters. The summed E-state index contributed by atoms with van der Waals surface area (Å²) < 4.78 is 32.9. The number of imidazole rings is 1. The minimum absolute atomic E-state index is 0.174. The molecule has 0 radical (unpaired) electrons. The second kappa shape index (κ2) is 8.49. The molecule has 3 aromatic rings. The molecule has 1 aromatic carbocycles.